The van der Waals surface area contributed by atoms with E-state index >= 15 is 0 Å². The third kappa shape index (κ3) is 2.40. The predicted molar refractivity (Wildman–Crippen MR) is 80.6 cm³/mol. The number of carboxylic acid groups (broad SMARTS) is 1. The van der Waals surface area contributed by atoms with E-state index in [0.717, 1.165) is 31.5 Å². The fourth-order valence-corrected chi connectivity index (χ4v) is 3.63. The number of amides is 1. The minimum atomic E-state index is -0.783. The van der Waals surface area contributed by atoms with E-state index in [9.17, 15) is 9.90 Å². The molecule has 1 N–H and O–H groups in total. The van der Waals surface area contributed by atoms with E-state index in [1.807, 2.05) is 29.6 Å². The van der Waals surface area contributed by atoms with Gasteiger partial charge in [-0.1, -0.05) is 0 Å². The van der Waals surface area contributed by atoms with Gasteiger partial charge in [0, 0.05) is 47.8 Å². The van der Waals surface area contributed by atoms with E-state index in [1.54, 1.807) is 11.1 Å². The maximum Gasteiger partial charge on any atom is 0.407 e. The molecule has 2 fully saturated rings. The number of carbonyl (C=O) groups is 1. The van der Waals surface area contributed by atoms with Crippen LogP contribution in [0.25, 0.3) is 0 Å². The molecule has 2 aliphatic heterocycles. The first-order valence-corrected chi connectivity index (χ1v) is 7.73. The van der Waals surface area contributed by atoms with Crippen LogP contribution in [0.4, 0.5) is 10.6 Å². The van der Waals surface area contributed by atoms with Crippen LogP contribution in [-0.2, 0) is 0 Å². The Labute approximate surface area is 130 Å². The van der Waals surface area contributed by atoms with Gasteiger partial charge < -0.3 is 14.9 Å². The molecular weight excluding hydrogens is 373 g/mol. The van der Waals surface area contributed by atoms with Gasteiger partial charge in [-0.25, -0.2) is 9.78 Å². The van der Waals surface area contributed by atoms with Crippen molar-refractivity contribution in [3.63, 3.8) is 0 Å². The lowest BCUT2D eigenvalue weighted by atomic mass is 9.96. The number of aromatic nitrogens is 3. The van der Waals surface area contributed by atoms with Gasteiger partial charge in [0.2, 0.25) is 3.83 Å². The van der Waals surface area contributed by atoms with Crippen LogP contribution in [0.1, 0.15) is 25.7 Å². The lowest BCUT2D eigenvalue weighted by molar-refractivity contribution is 0.0965. The van der Waals surface area contributed by atoms with Crippen LogP contribution in [0.3, 0.4) is 0 Å². The highest BCUT2D eigenvalue weighted by molar-refractivity contribution is 14.1. The molecule has 0 radical (unpaired) electrons. The topological polar surface area (TPSA) is 82.5 Å². The summed E-state index contributed by atoms with van der Waals surface area (Å²) in [6.45, 7) is 0. The summed E-state index contributed by atoms with van der Waals surface area (Å²) in [6, 6.07) is 0.589. The van der Waals surface area contributed by atoms with Gasteiger partial charge in [0.15, 0.2) is 5.82 Å². The van der Waals surface area contributed by atoms with Crippen molar-refractivity contribution in [2.24, 2.45) is 0 Å². The first kappa shape index (κ1) is 13.8. The lowest BCUT2D eigenvalue weighted by Gasteiger charge is -2.40. The van der Waals surface area contributed by atoms with E-state index in [1.165, 1.54) is 0 Å². The molecule has 2 aliphatic rings. The van der Waals surface area contributed by atoms with Gasteiger partial charge in [0.05, 0.1) is 6.20 Å². The quantitative estimate of drug-likeness (QED) is 0.774. The summed E-state index contributed by atoms with van der Waals surface area (Å²) >= 11 is 2.03. The summed E-state index contributed by atoms with van der Waals surface area (Å²) < 4.78 is 0.625. The smallest absolute Gasteiger partial charge is 0.407 e. The molecule has 3 heterocycles. The maximum absolute atomic E-state index is 11.3. The van der Waals surface area contributed by atoms with Crippen LogP contribution in [0, 0.1) is 3.83 Å². The molecule has 1 amide bonds. The van der Waals surface area contributed by atoms with Crippen molar-refractivity contribution < 1.29 is 9.90 Å². The van der Waals surface area contributed by atoms with Gasteiger partial charge >= 0.3 is 6.09 Å². The lowest BCUT2D eigenvalue weighted by Crippen LogP contribution is -2.51. The molecule has 7 nitrogen and oxygen atoms in total. The number of anilines is 1. The van der Waals surface area contributed by atoms with Crippen molar-refractivity contribution in [3.8, 4) is 0 Å². The second-order valence-electron chi connectivity index (χ2n) is 5.40. The zero-order chi connectivity index (χ0) is 14.3. The zero-order valence-electron chi connectivity index (χ0n) is 11.1. The molecule has 2 bridgehead atoms. The van der Waals surface area contributed by atoms with Crippen LogP contribution < -0.4 is 4.90 Å². The number of nitrogens with zero attached hydrogens (tertiary/aromatic N) is 5. The summed E-state index contributed by atoms with van der Waals surface area (Å²) in [4.78, 5) is 19.2. The van der Waals surface area contributed by atoms with Crippen molar-refractivity contribution in [1.29, 1.82) is 0 Å². The normalized spacial score (nSPS) is 28.5. The number of fused-ring (bicyclic) bond motifs is 2. The Hall–Kier alpha value is -1.19. The van der Waals surface area contributed by atoms with E-state index in [2.05, 4.69) is 20.1 Å². The Balaban J connectivity index is 1.74. The molecular formula is C12H16IN5O2. The zero-order valence-corrected chi connectivity index (χ0v) is 13.3. The largest absolute Gasteiger partial charge is 0.465 e. The molecule has 0 aromatic carbocycles. The average Bonchev–Trinajstić information content (AvgIpc) is 2.70. The minimum Gasteiger partial charge on any atom is -0.465 e. The van der Waals surface area contributed by atoms with E-state index in [0.29, 0.717) is 9.87 Å². The van der Waals surface area contributed by atoms with Crippen LogP contribution in [0.15, 0.2) is 6.20 Å². The van der Waals surface area contributed by atoms with Gasteiger partial charge in [-0.3, -0.25) is 0 Å². The molecule has 8 heteroatoms. The Morgan fingerprint density at radius 2 is 2.05 bits per heavy atom. The second kappa shape index (κ2) is 5.30. The van der Waals surface area contributed by atoms with Crippen LogP contribution >= 0.6 is 22.6 Å². The van der Waals surface area contributed by atoms with Gasteiger partial charge in [-0.15, -0.1) is 10.2 Å². The van der Waals surface area contributed by atoms with Gasteiger partial charge in [-0.05, 0) is 25.7 Å². The summed E-state index contributed by atoms with van der Waals surface area (Å²) in [5.74, 6) is 0.749. The fourth-order valence-electron chi connectivity index (χ4n) is 3.38. The van der Waals surface area contributed by atoms with E-state index in [4.69, 9.17) is 0 Å². The summed E-state index contributed by atoms with van der Waals surface area (Å²) in [6.07, 6.45) is 4.59. The van der Waals surface area contributed by atoms with Crippen LogP contribution in [-0.4, -0.2) is 56.5 Å². The second-order valence-corrected chi connectivity index (χ2v) is 6.36. The van der Waals surface area contributed by atoms with E-state index < -0.39 is 6.09 Å². The van der Waals surface area contributed by atoms with Crippen molar-refractivity contribution in [3.05, 3.63) is 10.0 Å². The van der Waals surface area contributed by atoms with E-state index in [-0.39, 0.29) is 12.1 Å². The molecule has 3 rings (SSSR count). The Morgan fingerprint density at radius 1 is 1.40 bits per heavy atom. The number of hydrogen-bond donors (Lipinski definition) is 1. The maximum atomic E-state index is 11.3. The molecule has 0 saturated carbocycles. The van der Waals surface area contributed by atoms with Crippen molar-refractivity contribution >= 4 is 34.5 Å². The molecule has 0 aliphatic carbocycles. The third-order valence-corrected chi connectivity index (χ3v) is 4.85. The monoisotopic (exact) mass is 389 g/mol. The van der Waals surface area contributed by atoms with Crippen molar-refractivity contribution in [2.75, 3.05) is 11.9 Å². The fraction of sp³-hybridized carbons (Fsp3) is 0.667. The van der Waals surface area contributed by atoms with Crippen molar-refractivity contribution in [2.45, 2.75) is 43.8 Å². The minimum absolute atomic E-state index is 0.142. The van der Waals surface area contributed by atoms with Gasteiger partial charge in [-0.2, -0.15) is 0 Å². The number of piperidine rings is 1. The average molecular weight is 389 g/mol. The molecule has 0 spiro atoms. The van der Waals surface area contributed by atoms with Crippen LogP contribution in [0.5, 0.6) is 0 Å². The highest BCUT2D eigenvalue weighted by Gasteiger charge is 2.44. The molecule has 1 aromatic rings. The molecule has 1 aromatic heterocycles. The first-order valence-electron chi connectivity index (χ1n) is 6.65. The third-order valence-electron chi connectivity index (χ3n) is 4.36. The Morgan fingerprint density at radius 3 is 2.55 bits per heavy atom. The number of hydrogen-bond acceptors (Lipinski definition) is 5. The predicted octanol–water partition coefficient (Wildman–Crippen LogP) is 1.59. The SMILES string of the molecule is CN(c1cnc(I)nn1)C1CC2CCC(C1)N2C(=O)O. The molecule has 20 heavy (non-hydrogen) atoms. The highest BCUT2D eigenvalue weighted by Crippen LogP contribution is 2.37. The Bertz CT molecular complexity index is 497. The molecule has 108 valence electrons. The van der Waals surface area contributed by atoms with Gasteiger partial charge in [0.25, 0.3) is 0 Å². The molecule has 2 unspecified atom stereocenters. The summed E-state index contributed by atoms with van der Waals surface area (Å²) in [5, 5.41) is 17.4. The molecule has 2 atom stereocenters. The van der Waals surface area contributed by atoms with Crippen molar-refractivity contribution in [1.82, 2.24) is 20.1 Å². The van der Waals surface area contributed by atoms with Gasteiger partial charge in [0.1, 0.15) is 0 Å². The highest BCUT2D eigenvalue weighted by atomic mass is 127. The summed E-state index contributed by atoms with van der Waals surface area (Å²) in [7, 11) is 1.99. The van der Waals surface area contributed by atoms with Crippen LogP contribution in [0.2, 0.25) is 0 Å². The number of rotatable bonds is 2. The standard InChI is InChI=1S/C12H16IN5O2/c1-17(10-6-14-11(13)16-15-10)9-4-7-2-3-8(5-9)18(7)12(19)20/h6-9H,2-5H2,1H3,(H,19,20). The molecule has 2 saturated heterocycles. The Kier molecular flexibility index (Phi) is 3.65. The summed E-state index contributed by atoms with van der Waals surface area (Å²) in [5.41, 5.74) is 0. The number of halogens is 1. The first-order chi connectivity index (χ1) is 9.56.